The van der Waals surface area contributed by atoms with Crippen LogP contribution >= 0.6 is 0 Å². The molecule has 0 unspecified atom stereocenters. The zero-order valence-electron chi connectivity index (χ0n) is 18.8. The van der Waals surface area contributed by atoms with Crippen LogP contribution in [0.2, 0.25) is 0 Å². The molecule has 0 bridgehead atoms. The van der Waals surface area contributed by atoms with Crippen LogP contribution in [0.15, 0.2) is 45.9 Å². The summed E-state index contributed by atoms with van der Waals surface area (Å²) in [5.74, 6) is 0.556. The van der Waals surface area contributed by atoms with Gasteiger partial charge in [0, 0.05) is 18.8 Å². The predicted molar refractivity (Wildman–Crippen MR) is 121 cm³/mol. The molecular weight excluding hydrogens is 426 g/mol. The Morgan fingerprint density at radius 1 is 1.18 bits per heavy atom. The molecule has 0 saturated heterocycles. The average molecular weight is 453 g/mol. The van der Waals surface area contributed by atoms with Crippen molar-refractivity contribution >= 4 is 22.7 Å². The summed E-state index contributed by atoms with van der Waals surface area (Å²) in [7, 11) is 0. The maximum Gasteiger partial charge on any atom is 0.257 e. The normalized spacial score (nSPS) is 14.2. The van der Waals surface area contributed by atoms with E-state index in [4.69, 9.17) is 13.9 Å². The second kappa shape index (κ2) is 9.40. The quantitative estimate of drug-likeness (QED) is 0.543. The fraction of sp³-hybridized carbons (Fsp3) is 0.375. The second-order valence-electron chi connectivity index (χ2n) is 8.01. The molecule has 2 aromatic heterocycles. The molecule has 0 aliphatic carbocycles. The van der Waals surface area contributed by atoms with Gasteiger partial charge in [0.25, 0.3) is 5.91 Å². The van der Waals surface area contributed by atoms with Crippen molar-refractivity contribution in [3.63, 3.8) is 0 Å². The van der Waals surface area contributed by atoms with Crippen molar-refractivity contribution in [1.82, 2.24) is 15.2 Å². The van der Waals surface area contributed by atoms with E-state index in [9.17, 15) is 14.4 Å². The molecule has 0 saturated carbocycles. The SMILES string of the molecule is CC[C@@H](C)[C@H](NC(=O)c1cn(CC)c2cc3c(cc2c1=O)OCO3)C(=O)NCc1ccco1. The van der Waals surface area contributed by atoms with Gasteiger partial charge in [-0.1, -0.05) is 20.3 Å². The maximum atomic E-state index is 13.2. The third kappa shape index (κ3) is 4.44. The van der Waals surface area contributed by atoms with Crippen LogP contribution in [0.5, 0.6) is 11.5 Å². The van der Waals surface area contributed by atoms with E-state index in [1.165, 1.54) is 12.5 Å². The summed E-state index contributed by atoms with van der Waals surface area (Å²) >= 11 is 0. The van der Waals surface area contributed by atoms with Gasteiger partial charge in [-0.05, 0) is 31.0 Å². The third-order valence-electron chi connectivity index (χ3n) is 5.96. The lowest BCUT2D eigenvalue weighted by Gasteiger charge is -2.23. The first kappa shape index (κ1) is 22.4. The molecule has 2 N–H and O–H groups in total. The van der Waals surface area contributed by atoms with Gasteiger partial charge < -0.3 is 29.1 Å². The molecule has 3 heterocycles. The molecule has 2 amide bonds. The monoisotopic (exact) mass is 453 g/mol. The molecule has 1 aromatic carbocycles. The summed E-state index contributed by atoms with van der Waals surface area (Å²) in [5.41, 5.74) is 0.192. The molecule has 9 heteroatoms. The first-order valence-electron chi connectivity index (χ1n) is 11.0. The highest BCUT2D eigenvalue weighted by molar-refractivity contribution is 6.00. The third-order valence-corrected chi connectivity index (χ3v) is 5.96. The van der Waals surface area contributed by atoms with Gasteiger partial charge in [0.2, 0.25) is 18.1 Å². The van der Waals surface area contributed by atoms with Gasteiger partial charge >= 0.3 is 0 Å². The number of carbonyl (C=O) groups excluding carboxylic acids is 2. The summed E-state index contributed by atoms with van der Waals surface area (Å²) in [5, 5.41) is 5.92. The summed E-state index contributed by atoms with van der Waals surface area (Å²) in [6.45, 7) is 6.56. The molecule has 0 spiro atoms. The number of amides is 2. The summed E-state index contributed by atoms with van der Waals surface area (Å²) in [6.07, 6.45) is 3.72. The topological polar surface area (TPSA) is 112 Å². The lowest BCUT2D eigenvalue weighted by atomic mass is 9.97. The molecule has 0 radical (unpaired) electrons. The van der Waals surface area contributed by atoms with Crippen LogP contribution in [0.25, 0.3) is 10.9 Å². The highest BCUT2D eigenvalue weighted by Gasteiger charge is 2.28. The Bertz CT molecular complexity index is 1230. The largest absolute Gasteiger partial charge is 0.467 e. The number of carbonyl (C=O) groups is 2. The Balaban J connectivity index is 1.63. The summed E-state index contributed by atoms with van der Waals surface area (Å²) < 4.78 is 17.9. The molecule has 174 valence electrons. The van der Waals surface area contributed by atoms with E-state index in [1.807, 2.05) is 25.3 Å². The fourth-order valence-electron chi connectivity index (χ4n) is 3.82. The van der Waals surface area contributed by atoms with Crippen molar-refractivity contribution in [2.75, 3.05) is 6.79 Å². The van der Waals surface area contributed by atoms with Gasteiger partial charge in [-0.2, -0.15) is 0 Å². The van der Waals surface area contributed by atoms with Crippen molar-refractivity contribution in [1.29, 1.82) is 0 Å². The van der Waals surface area contributed by atoms with Gasteiger partial charge in [-0.25, -0.2) is 0 Å². The van der Waals surface area contributed by atoms with E-state index >= 15 is 0 Å². The minimum absolute atomic E-state index is 0.0321. The van der Waals surface area contributed by atoms with Crippen LogP contribution in [0.3, 0.4) is 0 Å². The highest BCUT2D eigenvalue weighted by Crippen LogP contribution is 2.35. The lowest BCUT2D eigenvalue weighted by Crippen LogP contribution is -2.50. The van der Waals surface area contributed by atoms with Crippen molar-refractivity contribution in [2.45, 2.75) is 46.3 Å². The van der Waals surface area contributed by atoms with E-state index in [2.05, 4.69) is 10.6 Å². The highest BCUT2D eigenvalue weighted by atomic mass is 16.7. The van der Waals surface area contributed by atoms with Crippen LogP contribution in [0.1, 0.15) is 43.3 Å². The average Bonchev–Trinajstić information content (AvgIpc) is 3.51. The number of fused-ring (bicyclic) bond motifs is 2. The molecule has 9 nitrogen and oxygen atoms in total. The molecule has 3 aromatic rings. The number of hydrogen-bond acceptors (Lipinski definition) is 6. The minimum Gasteiger partial charge on any atom is -0.467 e. The second-order valence-corrected chi connectivity index (χ2v) is 8.01. The first-order valence-corrected chi connectivity index (χ1v) is 11.0. The fourth-order valence-corrected chi connectivity index (χ4v) is 3.82. The van der Waals surface area contributed by atoms with Crippen LogP contribution in [-0.4, -0.2) is 29.2 Å². The minimum atomic E-state index is -0.806. The van der Waals surface area contributed by atoms with Gasteiger partial charge in [0.05, 0.1) is 23.7 Å². The van der Waals surface area contributed by atoms with E-state index in [-0.39, 0.29) is 30.7 Å². The van der Waals surface area contributed by atoms with E-state index in [0.29, 0.717) is 41.1 Å². The Labute approximate surface area is 190 Å². The number of nitrogens with one attached hydrogen (secondary N) is 2. The van der Waals surface area contributed by atoms with Gasteiger partial charge in [0.1, 0.15) is 17.4 Å². The summed E-state index contributed by atoms with van der Waals surface area (Å²) in [4.78, 5) is 39.3. The van der Waals surface area contributed by atoms with Crippen LogP contribution in [0, 0.1) is 5.92 Å². The van der Waals surface area contributed by atoms with Crippen molar-refractivity contribution in [3.05, 3.63) is 58.3 Å². The number of hydrogen-bond donors (Lipinski definition) is 2. The smallest absolute Gasteiger partial charge is 0.257 e. The molecule has 33 heavy (non-hydrogen) atoms. The Morgan fingerprint density at radius 2 is 1.94 bits per heavy atom. The maximum absolute atomic E-state index is 13.2. The molecule has 1 aliphatic heterocycles. The standard InChI is InChI=1S/C24H27N3O6/c1-4-14(3)21(24(30)25-11-15-7-6-8-31-15)26-23(29)17-12-27(5-2)18-10-20-19(32-13-33-20)9-16(18)22(17)28/h6-10,12,14,21H,4-5,11,13H2,1-3H3,(H,25,30)(H,26,29)/t14-,21+/m1/s1. The Morgan fingerprint density at radius 3 is 2.61 bits per heavy atom. The van der Waals surface area contributed by atoms with E-state index in [1.54, 1.807) is 24.3 Å². The first-order chi connectivity index (χ1) is 15.9. The molecule has 0 fully saturated rings. The number of nitrogens with zero attached hydrogens (tertiary/aromatic N) is 1. The summed E-state index contributed by atoms with van der Waals surface area (Å²) in [6, 6.07) is 6.03. The van der Waals surface area contributed by atoms with Crippen LogP contribution in [-0.2, 0) is 17.9 Å². The molecule has 4 rings (SSSR count). The number of pyridine rings is 1. The van der Waals surface area contributed by atoms with E-state index in [0.717, 1.165) is 0 Å². The van der Waals surface area contributed by atoms with Crippen LogP contribution in [0.4, 0.5) is 0 Å². The Hall–Kier alpha value is -3.75. The number of ether oxygens (including phenoxy) is 2. The van der Waals surface area contributed by atoms with Crippen LogP contribution < -0.4 is 25.5 Å². The number of rotatable bonds is 8. The van der Waals surface area contributed by atoms with Crippen molar-refractivity contribution in [2.24, 2.45) is 5.92 Å². The number of aryl methyl sites for hydroxylation is 1. The van der Waals surface area contributed by atoms with Gasteiger partial charge in [-0.15, -0.1) is 0 Å². The predicted octanol–water partition coefficient (Wildman–Crippen LogP) is 2.80. The number of furan rings is 1. The van der Waals surface area contributed by atoms with Gasteiger partial charge in [0.15, 0.2) is 11.5 Å². The number of benzene rings is 1. The van der Waals surface area contributed by atoms with E-state index < -0.39 is 17.4 Å². The Kier molecular flexibility index (Phi) is 6.39. The molecule has 1 aliphatic rings. The zero-order chi connectivity index (χ0) is 23.5. The van der Waals surface area contributed by atoms with Crippen molar-refractivity contribution < 1.29 is 23.5 Å². The van der Waals surface area contributed by atoms with Gasteiger partial charge in [-0.3, -0.25) is 14.4 Å². The van der Waals surface area contributed by atoms with Crippen molar-refractivity contribution in [3.8, 4) is 11.5 Å². The molecular formula is C24H27N3O6. The molecule has 2 atom stereocenters. The lowest BCUT2D eigenvalue weighted by molar-refractivity contribution is -0.124. The zero-order valence-corrected chi connectivity index (χ0v) is 18.8. The number of aromatic nitrogens is 1.